The number of aromatic nitrogens is 1. The van der Waals surface area contributed by atoms with Gasteiger partial charge in [0.1, 0.15) is 11.6 Å². The van der Waals surface area contributed by atoms with Crippen LogP contribution in [0.15, 0.2) is 35.1 Å². The second-order valence-electron chi connectivity index (χ2n) is 5.53. The van der Waals surface area contributed by atoms with E-state index >= 15 is 0 Å². The molecule has 0 spiro atoms. The number of carbonyl (C=O) groups excluding carboxylic acids is 2. The first kappa shape index (κ1) is 15.2. The van der Waals surface area contributed by atoms with Crippen LogP contribution in [0, 0.1) is 12.7 Å². The van der Waals surface area contributed by atoms with E-state index in [0.29, 0.717) is 18.8 Å². The van der Waals surface area contributed by atoms with E-state index in [0.717, 1.165) is 5.56 Å². The molecule has 23 heavy (non-hydrogen) atoms. The lowest BCUT2D eigenvalue weighted by Gasteiger charge is -2.17. The molecular weight excluding hydrogens is 301 g/mol. The molecule has 1 atom stereocenters. The second-order valence-corrected chi connectivity index (χ2v) is 5.53. The third-order valence-corrected chi connectivity index (χ3v) is 3.80. The zero-order valence-electron chi connectivity index (χ0n) is 12.6. The van der Waals surface area contributed by atoms with E-state index in [4.69, 9.17) is 4.42 Å². The van der Waals surface area contributed by atoms with Crippen LogP contribution in [0.2, 0.25) is 0 Å². The summed E-state index contributed by atoms with van der Waals surface area (Å²) in [6, 6.07) is 5.75. The van der Waals surface area contributed by atoms with Crippen molar-refractivity contribution in [2.24, 2.45) is 0 Å². The molecule has 2 heterocycles. The molecule has 0 bridgehead atoms. The Kier molecular flexibility index (Phi) is 4.10. The highest BCUT2D eigenvalue weighted by Crippen LogP contribution is 2.16. The van der Waals surface area contributed by atoms with Crippen LogP contribution < -0.4 is 5.32 Å². The summed E-state index contributed by atoms with van der Waals surface area (Å²) in [4.78, 5) is 29.6. The first-order valence-electron chi connectivity index (χ1n) is 7.26. The molecule has 1 saturated heterocycles. The van der Waals surface area contributed by atoms with Crippen LogP contribution in [0.3, 0.4) is 0 Å². The minimum atomic E-state index is -0.349. The average Bonchev–Trinajstić information content (AvgIpc) is 3.08. The number of rotatable bonds is 4. The van der Waals surface area contributed by atoms with Gasteiger partial charge in [-0.2, -0.15) is 0 Å². The summed E-state index contributed by atoms with van der Waals surface area (Å²) in [6.45, 7) is 2.47. The number of amides is 2. The monoisotopic (exact) mass is 317 g/mol. The summed E-state index contributed by atoms with van der Waals surface area (Å²) in [5, 5.41) is 2.79. The van der Waals surface area contributed by atoms with Gasteiger partial charge in [0.2, 0.25) is 5.91 Å². The van der Waals surface area contributed by atoms with E-state index in [2.05, 4.69) is 10.3 Å². The Morgan fingerprint density at radius 1 is 1.43 bits per heavy atom. The van der Waals surface area contributed by atoms with E-state index < -0.39 is 0 Å². The van der Waals surface area contributed by atoms with Crippen molar-refractivity contribution in [2.45, 2.75) is 25.9 Å². The fraction of sp³-hybridized carbons (Fsp3) is 0.312. The third-order valence-electron chi connectivity index (χ3n) is 3.80. The Labute approximate surface area is 132 Å². The zero-order chi connectivity index (χ0) is 16.4. The molecule has 1 aliphatic rings. The summed E-state index contributed by atoms with van der Waals surface area (Å²) >= 11 is 0. The molecule has 2 aromatic rings. The smallest absolute Gasteiger partial charge is 0.273 e. The molecule has 0 unspecified atom stereocenters. The molecule has 1 aromatic carbocycles. The van der Waals surface area contributed by atoms with Gasteiger partial charge in [-0.3, -0.25) is 9.59 Å². The lowest BCUT2D eigenvalue weighted by atomic mass is 10.2. The van der Waals surface area contributed by atoms with Crippen LogP contribution in [0.1, 0.15) is 28.2 Å². The predicted molar refractivity (Wildman–Crippen MR) is 78.9 cm³/mol. The Bertz CT molecular complexity index is 726. The lowest BCUT2D eigenvalue weighted by molar-refractivity contribution is -0.128. The number of oxazole rings is 1. The maximum Gasteiger partial charge on any atom is 0.273 e. The number of aryl methyl sites for hydroxylation is 1. The summed E-state index contributed by atoms with van der Waals surface area (Å²) in [7, 11) is 0. The molecular formula is C16H16FN3O3. The fourth-order valence-corrected chi connectivity index (χ4v) is 2.61. The number of hydrogen-bond acceptors (Lipinski definition) is 4. The number of carbonyl (C=O) groups is 2. The highest BCUT2D eigenvalue weighted by Gasteiger charge is 2.31. The molecule has 1 fully saturated rings. The van der Waals surface area contributed by atoms with Crippen molar-refractivity contribution in [1.82, 2.24) is 15.2 Å². The number of benzene rings is 1. The normalized spacial score (nSPS) is 17.6. The van der Waals surface area contributed by atoms with Crippen LogP contribution in [-0.4, -0.2) is 34.3 Å². The lowest BCUT2D eigenvalue weighted by Crippen LogP contribution is -2.37. The van der Waals surface area contributed by atoms with Crippen molar-refractivity contribution in [2.75, 3.05) is 6.54 Å². The molecule has 0 radical (unpaired) electrons. The standard InChI is InChI=1S/C16H16FN3O3/c1-10-15(18-9-23-10)16(22)19-13-6-14(21)20(8-13)7-11-2-4-12(17)5-3-11/h2-5,9,13H,6-8H2,1H3,(H,19,22)/t13-/m0/s1. The molecule has 0 saturated carbocycles. The molecule has 1 N–H and O–H groups in total. The first-order valence-corrected chi connectivity index (χ1v) is 7.26. The molecule has 3 rings (SSSR count). The van der Waals surface area contributed by atoms with Crippen molar-refractivity contribution >= 4 is 11.8 Å². The number of hydrogen-bond donors (Lipinski definition) is 1. The van der Waals surface area contributed by atoms with Crippen LogP contribution in [0.25, 0.3) is 0 Å². The van der Waals surface area contributed by atoms with Gasteiger partial charge in [0.05, 0.1) is 6.04 Å². The molecule has 6 nitrogen and oxygen atoms in total. The Morgan fingerprint density at radius 2 is 2.17 bits per heavy atom. The zero-order valence-corrected chi connectivity index (χ0v) is 12.6. The SMILES string of the molecule is Cc1ocnc1C(=O)N[C@H]1CC(=O)N(Cc2ccc(F)cc2)C1. The second kappa shape index (κ2) is 6.20. The largest absolute Gasteiger partial charge is 0.448 e. The molecule has 2 amide bonds. The molecule has 120 valence electrons. The highest BCUT2D eigenvalue weighted by atomic mass is 19.1. The van der Waals surface area contributed by atoms with Crippen molar-refractivity contribution in [3.8, 4) is 0 Å². The van der Waals surface area contributed by atoms with Gasteiger partial charge < -0.3 is 14.6 Å². The first-order chi connectivity index (χ1) is 11.0. The quantitative estimate of drug-likeness (QED) is 0.930. The van der Waals surface area contributed by atoms with Crippen molar-refractivity contribution in [1.29, 1.82) is 0 Å². The molecule has 1 aromatic heterocycles. The van der Waals surface area contributed by atoms with E-state index in [1.165, 1.54) is 18.5 Å². The molecule has 1 aliphatic heterocycles. The topological polar surface area (TPSA) is 75.4 Å². The number of halogens is 1. The van der Waals surface area contributed by atoms with Crippen LogP contribution in [-0.2, 0) is 11.3 Å². The maximum atomic E-state index is 12.9. The average molecular weight is 317 g/mol. The minimum absolute atomic E-state index is 0.0449. The molecule has 7 heteroatoms. The fourth-order valence-electron chi connectivity index (χ4n) is 2.61. The Hall–Kier alpha value is -2.70. The summed E-state index contributed by atoms with van der Waals surface area (Å²) < 4.78 is 17.9. The summed E-state index contributed by atoms with van der Waals surface area (Å²) in [6.07, 6.45) is 1.45. The van der Waals surface area contributed by atoms with Gasteiger partial charge in [0, 0.05) is 19.5 Å². The van der Waals surface area contributed by atoms with Gasteiger partial charge in [0.25, 0.3) is 5.91 Å². The van der Waals surface area contributed by atoms with Gasteiger partial charge in [-0.25, -0.2) is 9.37 Å². The van der Waals surface area contributed by atoms with E-state index in [1.54, 1.807) is 24.0 Å². The van der Waals surface area contributed by atoms with E-state index in [9.17, 15) is 14.0 Å². The molecule has 0 aliphatic carbocycles. The number of likely N-dealkylation sites (tertiary alicyclic amines) is 1. The number of nitrogens with zero attached hydrogens (tertiary/aromatic N) is 2. The van der Waals surface area contributed by atoms with Crippen molar-refractivity contribution < 1.29 is 18.4 Å². The van der Waals surface area contributed by atoms with Gasteiger partial charge in [-0.1, -0.05) is 12.1 Å². The van der Waals surface area contributed by atoms with Crippen molar-refractivity contribution in [3.05, 3.63) is 53.5 Å². The van der Waals surface area contributed by atoms with Crippen LogP contribution >= 0.6 is 0 Å². The van der Waals surface area contributed by atoms with Crippen molar-refractivity contribution in [3.63, 3.8) is 0 Å². The Balaban J connectivity index is 1.60. The number of nitrogens with one attached hydrogen (secondary N) is 1. The van der Waals surface area contributed by atoms with Crippen LogP contribution in [0.4, 0.5) is 4.39 Å². The minimum Gasteiger partial charge on any atom is -0.448 e. The van der Waals surface area contributed by atoms with E-state index in [-0.39, 0.29) is 35.8 Å². The van der Waals surface area contributed by atoms with E-state index in [1.807, 2.05) is 0 Å². The predicted octanol–water partition coefficient (Wildman–Crippen LogP) is 1.65. The summed E-state index contributed by atoms with van der Waals surface area (Å²) in [5.74, 6) is -0.265. The Morgan fingerprint density at radius 3 is 2.83 bits per heavy atom. The van der Waals surface area contributed by atoms with Gasteiger partial charge >= 0.3 is 0 Å². The van der Waals surface area contributed by atoms with Crippen LogP contribution in [0.5, 0.6) is 0 Å². The maximum absolute atomic E-state index is 12.9. The van der Waals surface area contributed by atoms with Gasteiger partial charge in [-0.15, -0.1) is 0 Å². The highest BCUT2D eigenvalue weighted by molar-refractivity contribution is 5.94. The summed E-state index contributed by atoms with van der Waals surface area (Å²) in [5.41, 5.74) is 1.08. The van der Waals surface area contributed by atoms with Gasteiger partial charge in [-0.05, 0) is 24.6 Å². The third kappa shape index (κ3) is 3.39. The van der Waals surface area contributed by atoms with Gasteiger partial charge in [0.15, 0.2) is 12.1 Å².